The molecule has 0 nitrogen and oxygen atoms in total. The van der Waals surface area contributed by atoms with Crippen molar-refractivity contribution >= 4 is 27.7 Å². The summed E-state index contributed by atoms with van der Waals surface area (Å²) in [6, 6.07) is 29.1. The predicted octanol–water partition coefficient (Wildman–Crippen LogP) is 6.11. The summed E-state index contributed by atoms with van der Waals surface area (Å²) >= 11 is 3.88. The first kappa shape index (κ1) is 11.9. The van der Waals surface area contributed by atoms with Crippen LogP contribution in [-0.4, -0.2) is 11.0 Å². The molecule has 0 atom stereocenters. The molecule has 0 aliphatic carbocycles. The second-order valence-corrected chi connectivity index (χ2v) is 6.49. The van der Waals surface area contributed by atoms with Gasteiger partial charge in [-0.3, -0.25) is 0 Å². The van der Waals surface area contributed by atoms with Gasteiger partial charge in [0.1, 0.15) is 0 Å². The average molecular weight is 387 g/mol. The minimum atomic E-state index is -2.20. The van der Waals surface area contributed by atoms with Crippen LogP contribution in [0.2, 0.25) is 0 Å². The molecule has 0 aromatic heterocycles. The number of rotatable bonds is 6. The Morgan fingerprint density at radius 2 is 1.04 bits per heavy atom. The second-order valence-electron chi connectivity index (χ2n) is 5.08. The van der Waals surface area contributed by atoms with Gasteiger partial charge in [0.05, 0.1) is 4.75 Å². The summed E-state index contributed by atoms with van der Waals surface area (Å²) in [4.78, 5) is 0. The first-order valence-electron chi connectivity index (χ1n) is 9.33. The fraction of sp³-hybridized carbons (Fsp3) is 0.143. The highest BCUT2D eigenvalue weighted by atomic mass is 79.9. The van der Waals surface area contributed by atoms with Crippen LogP contribution in [0, 0.1) is 0 Å². The molecule has 3 aromatic rings. The number of benzene rings is 3. The van der Waals surface area contributed by atoms with Crippen molar-refractivity contribution in [2.24, 2.45) is 0 Å². The zero-order valence-electron chi connectivity index (χ0n) is 16.4. The zero-order chi connectivity index (χ0) is 19.5. The summed E-state index contributed by atoms with van der Waals surface area (Å²) in [5.41, 5.74) is 0.489. The molecule has 0 fully saturated rings. The molecule has 0 N–H and O–H groups in total. The minimum Gasteiger partial charge on any atom is -0.140 e. The van der Waals surface area contributed by atoms with Crippen molar-refractivity contribution in [1.29, 1.82) is 0 Å². The van der Waals surface area contributed by atoms with Crippen LogP contribution in [0.25, 0.3) is 0 Å². The van der Waals surface area contributed by atoms with E-state index < -0.39 is 15.7 Å². The molecule has 0 radical (unpaired) electrons. The van der Waals surface area contributed by atoms with E-state index in [4.69, 9.17) is 5.48 Å². The van der Waals surface area contributed by atoms with Crippen molar-refractivity contribution in [3.8, 4) is 0 Å². The van der Waals surface area contributed by atoms with Gasteiger partial charge >= 0.3 is 0 Å². The summed E-state index contributed by atoms with van der Waals surface area (Å²) in [6.07, 6.45) is 0. The Hall–Kier alpha value is -1.51. The quantitative estimate of drug-likeness (QED) is 0.363. The maximum Gasteiger partial charge on any atom is 0.0907 e. The third-order valence-corrected chi connectivity index (χ3v) is 5.46. The van der Waals surface area contributed by atoms with Crippen LogP contribution in [0.1, 0.15) is 22.2 Å². The molecule has 0 aliphatic rings. The Morgan fingerprint density at radius 3 is 1.35 bits per heavy atom. The third kappa shape index (κ3) is 3.39. The standard InChI is InChI=1S/C21H19BrS/c22-16-17-23-21(18-10-4-1-5-11-18,19-12-6-2-7-13-19)20-14-8-3-9-15-20/h1-15H,16-17H2/i16D2,17D2. The van der Waals surface area contributed by atoms with Crippen LogP contribution in [0.15, 0.2) is 91.0 Å². The molecule has 0 amide bonds. The molecule has 0 unspecified atom stereocenters. The van der Waals surface area contributed by atoms with Gasteiger partial charge in [0.25, 0.3) is 0 Å². The van der Waals surface area contributed by atoms with E-state index in [1.54, 1.807) is 0 Å². The Morgan fingerprint density at radius 1 is 0.696 bits per heavy atom. The molecular formula is C21H19BrS. The van der Waals surface area contributed by atoms with E-state index in [9.17, 15) is 0 Å². The van der Waals surface area contributed by atoms with Gasteiger partial charge in [-0.15, -0.1) is 11.8 Å². The van der Waals surface area contributed by atoms with E-state index in [0.717, 1.165) is 28.5 Å². The zero-order valence-corrected chi connectivity index (χ0v) is 14.8. The normalized spacial score (nSPS) is 15.2. The van der Waals surface area contributed by atoms with Crippen LogP contribution in [0.4, 0.5) is 0 Å². The summed E-state index contributed by atoms with van der Waals surface area (Å²) in [5, 5.41) is -2.20. The molecule has 0 spiro atoms. The van der Waals surface area contributed by atoms with Gasteiger partial charge in [-0.1, -0.05) is 107 Å². The lowest BCUT2D eigenvalue weighted by Crippen LogP contribution is -2.26. The van der Waals surface area contributed by atoms with Gasteiger partial charge < -0.3 is 0 Å². The lowest BCUT2D eigenvalue weighted by Gasteiger charge is -2.35. The van der Waals surface area contributed by atoms with Gasteiger partial charge in [0, 0.05) is 16.5 Å². The highest BCUT2D eigenvalue weighted by Gasteiger charge is 2.36. The monoisotopic (exact) mass is 386 g/mol. The highest BCUT2D eigenvalue weighted by Crippen LogP contribution is 2.48. The van der Waals surface area contributed by atoms with Crippen molar-refractivity contribution in [2.75, 3.05) is 11.0 Å². The number of hydrogen-bond donors (Lipinski definition) is 0. The lowest BCUT2D eigenvalue weighted by atomic mass is 9.84. The minimum absolute atomic E-state index is 0.896. The largest absolute Gasteiger partial charge is 0.140 e. The highest BCUT2D eigenvalue weighted by molar-refractivity contribution is 9.09. The summed E-state index contributed by atoms with van der Waals surface area (Å²) < 4.78 is 32.0. The van der Waals surface area contributed by atoms with Gasteiger partial charge in [0.2, 0.25) is 0 Å². The molecule has 2 heteroatoms. The molecule has 0 aliphatic heterocycles. The maximum absolute atomic E-state index is 8.49. The number of halogens is 1. The molecule has 0 bridgehead atoms. The molecule has 3 rings (SSSR count). The lowest BCUT2D eigenvalue weighted by molar-refractivity contribution is 0.895. The molecule has 0 heterocycles. The predicted molar refractivity (Wildman–Crippen MR) is 105 cm³/mol. The van der Waals surface area contributed by atoms with E-state index in [2.05, 4.69) is 15.9 Å². The van der Waals surface area contributed by atoms with Gasteiger partial charge in [0.15, 0.2) is 0 Å². The van der Waals surface area contributed by atoms with E-state index in [-0.39, 0.29) is 0 Å². The Balaban J connectivity index is 2.33. The average Bonchev–Trinajstić information content (AvgIpc) is 2.67. The Kier molecular flexibility index (Phi) is 4.07. The number of alkyl halides is 1. The van der Waals surface area contributed by atoms with E-state index in [1.807, 2.05) is 91.0 Å². The van der Waals surface area contributed by atoms with Gasteiger partial charge in [-0.05, 0) is 16.7 Å². The topological polar surface area (TPSA) is 0 Å². The van der Waals surface area contributed by atoms with Crippen molar-refractivity contribution in [3.05, 3.63) is 108 Å². The van der Waals surface area contributed by atoms with Crippen LogP contribution in [0.5, 0.6) is 0 Å². The number of hydrogen-bond acceptors (Lipinski definition) is 1. The fourth-order valence-electron chi connectivity index (χ4n) is 2.79. The van der Waals surface area contributed by atoms with Crippen molar-refractivity contribution in [2.45, 2.75) is 4.75 Å². The van der Waals surface area contributed by atoms with Gasteiger partial charge in [-0.2, -0.15) is 0 Å². The van der Waals surface area contributed by atoms with Crippen LogP contribution < -0.4 is 0 Å². The van der Waals surface area contributed by atoms with Crippen LogP contribution >= 0.6 is 27.7 Å². The molecule has 116 valence electrons. The summed E-state index contributed by atoms with van der Waals surface area (Å²) in [5.74, 6) is 0. The summed E-state index contributed by atoms with van der Waals surface area (Å²) in [7, 11) is 0. The Labute approximate surface area is 156 Å². The van der Waals surface area contributed by atoms with E-state index in [0.29, 0.717) is 0 Å². The smallest absolute Gasteiger partial charge is 0.0907 e. The Bertz CT molecular complexity index is 768. The fourth-order valence-corrected chi connectivity index (χ4v) is 3.99. The molecule has 0 saturated carbocycles. The van der Waals surface area contributed by atoms with E-state index >= 15 is 0 Å². The molecule has 0 saturated heterocycles. The number of thioether (sulfide) groups is 1. The maximum atomic E-state index is 8.49. The van der Waals surface area contributed by atoms with Crippen LogP contribution in [-0.2, 0) is 4.75 Å². The van der Waals surface area contributed by atoms with E-state index in [1.165, 1.54) is 0 Å². The molecule has 23 heavy (non-hydrogen) atoms. The molecular weight excluding hydrogens is 364 g/mol. The summed E-state index contributed by atoms with van der Waals surface area (Å²) in [6.45, 7) is 0. The van der Waals surface area contributed by atoms with Crippen LogP contribution in [0.3, 0.4) is 0 Å². The first-order valence-corrected chi connectivity index (χ1v) is 8.94. The third-order valence-electron chi connectivity index (χ3n) is 3.78. The molecule has 3 aromatic carbocycles. The second kappa shape index (κ2) is 7.85. The SMILES string of the molecule is [2H]C([2H])(Br)C([2H])([2H])SC(c1ccccc1)(c1ccccc1)c1ccccc1. The van der Waals surface area contributed by atoms with Crippen molar-refractivity contribution in [1.82, 2.24) is 0 Å². The van der Waals surface area contributed by atoms with Crippen molar-refractivity contribution < 1.29 is 5.48 Å². The van der Waals surface area contributed by atoms with Gasteiger partial charge in [-0.25, -0.2) is 0 Å². The van der Waals surface area contributed by atoms with Crippen molar-refractivity contribution in [3.63, 3.8) is 0 Å². The first-order chi connectivity index (χ1) is 12.8.